The summed E-state index contributed by atoms with van der Waals surface area (Å²) in [6, 6.07) is 3.36. The van der Waals surface area contributed by atoms with E-state index in [0.717, 1.165) is 12.0 Å². The molecular weight excluding hydrogens is 258 g/mol. The van der Waals surface area contributed by atoms with Crippen molar-refractivity contribution in [2.45, 2.75) is 25.8 Å². The van der Waals surface area contributed by atoms with Crippen molar-refractivity contribution in [2.75, 3.05) is 13.1 Å². The zero-order valence-electron chi connectivity index (χ0n) is 11.5. The fourth-order valence-electron chi connectivity index (χ4n) is 2.38. The number of hydrogen-bond acceptors (Lipinski definition) is 3. The lowest BCUT2D eigenvalue weighted by molar-refractivity contribution is -0.143. The Kier molecular flexibility index (Phi) is 4.55. The normalized spacial score (nSPS) is 20.2. The molecule has 2 N–H and O–H groups in total. The third kappa shape index (κ3) is 3.46. The van der Waals surface area contributed by atoms with Crippen LogP contribution in [0.25, 0.3) is 0 Å². The van der Waals surface area contributed by atoms with E-state index < -0.39 is 11.9 Å². The summed E-state index contributed by atoms with van der Waals surface area (Å²) in [6.07, 6.45) is 4.73. The summed E-state index contributed by atoms with van der Waals surface area (Å²) in [6.45, 7) is 2.79. The predicted molar refractivity (Wildman–Crippen MR) is 73.1 cm³/mol. The molecule has 6 nitrogen and oxygen atoms in total. The minimum Gasteiger partial charge on any atom is -0.481 e. The minimum absolute atomic E-state index is 0.129. The molecule has 1 aromatic heterocycles. The number of aromatic nitrogens is 1. The van der Waals surface area contributed by atoms with Crippen molar-refractivity contribution < 1.29 is 14.7 Å². The Labute approximate surface area is 117 Å². The Morgan fingerprint density at radius 2 is 2.15 bits per heavy atom. The van der Waals surface area contributed by atoms with Gasteiger partial charge >= 0.3 is 12.0 Å². The van der Waals surface area contributed by atoms with Gasteiger partial charge in [-0.15, -0.1) is 0 Å². The van der Waals surface area contributed by atoms with Crippen molar-refractivity contribution in [1.82, 2.24) is 15.2 Å². The van der Waals surface area contributed by atoms with E-state index in [1.807, 2.05) is 19.1 Å². The van der Waals surface area contributed by atoms with Crippen molar-refractivity contribution in [2.24, 2.45) is 5.92 Å². The number of pyridine rings is 1. The molecule has 1 aliphatic rings. The molecule has 0 radical (unpaired) electrons. The van der Waals surface area contributed by atoms with Crippen LogP contribution < -0.4 is 5.32 Å². The lowest BCUT2D eigenvalue weighted by atomic mass is 9.98. The molecule has 0 spiro atoms. The molecule has 1 aromatic rings. The van der Waals surface area contributed by atoms with Crippen molar-refractivity contribution in [3.63, 3.8) is 0 Å². The number of likely N-dealkylation sites (tertiary alicyclic amines) is 1. The zero-order valence-corrected chi connectivity index (χ0v) is 11.5. The first-order chi connectivity index (χ1) is 9.58. The van der Waals surface area contributed by atoms with Gasteiger partial charge < -0.3 is 15.3 Å². The summed E-state index contributed by atoms with van der Waals surface area (Å²) in [7, 11) is 0. The predicted octanol–water partition coefficient (Wildman–Crippen LogP) is 1.65. The molecule has 2 atom stereocenters. The molecule has 0 aliphatic carbocycles. The molecule has 1 aliphatic heterocycles. The Morgan fingerprint density at radius 3 is 2.80 bits per heavy atom. The van der Waals surface area contributed by atoms with E-state index in [4.69, 9.17) is 5.11 Å². The van der Waals surface area contributed by atoms with Gasteiger partial charge in [-0.05, 0) is 37.5 Å². The van der Waals surface area contributed by atoms with Crippen molar-refractivity contribution in [3.05, 3.63) is 30.1 Å². The fourth-order valence-corrected chi connectivity index (χ4v) is 2.38. The number of carbonyl (C=O) groups excluding carboxylic acids is 1. The van der Waals surface area contributed by atoms with Gasteiger partial charge in [0.2, 0.25) is 0 Å². The van der Waals surface area contributed by atoms with Gasteiger partial charge in [0, 0.05) is 25.5 Å². The van der Waals surface area contributed by atoms with E-state index in [1.165, 1.54) is 0 Å². The lowest BCUT2D eigenvalue weighted by Crippen LogP contribution is -2.47. The maximum atomic E-state index is 12.2. The van der Waals surface area contributed by atoms with Crippen LogP contribution in [0.2, 0.25) is 0 Å². The van der Waals surface area contributed by atoms with Crippen molar-refractivity contribution >= 4 is 12.0 Å². The fraction of sp³-hybridized carbons (Fsp3) is 0.500. The number of rotatable bonds is 3. The van der Waals surface area contributed by atoms with Crippen molar-refractivity contribution in [3.8, 4) is 0 Å². The third-order valence-corrected chi connectivity index (χ3v) is 3.60. The van der Waals surface area contributed by atoms with Gasteiger partial charge in [0.1, 0.15) is 0 Å². The molecule has 20 heavy (non-hydrogen) atoms. The molecule has 108 valence electrons. The van der Waals surface area contributed by atoms with Crippen molar-refractivity contribution in [1.29, 1.82) is 0 Å². The number of nitrogens with zero attached hydrogens (tertiary/aromatic N) is 2. The molecule has 0 bridgehead atoms. The van der Waals surface area contributed by atoms with Crippen LogP contribution in [-0.4, -0.2) is 40.1 Å². The standard InChI is InChI=1S/C14H19N3O3/c1-10(11-4-6-15-7-5-11)16-14(20)17-8-2-3-12(9-17)13(18)19/h4-7,10,12H,2-3,8-9H2,1H3,(H,16,20)(H,18,19). The minimum atomic E-state index is -0.829. The topological polar surface area (TPSA) is 82.5 Å². The van der Waals surface area contributed by atoms with Crippen LogP contribution in [0, 0.1) is 5.92 Å². The van der Waals surface area contributed by atoms with E-state index in [2.05, 4.69) is 10.3 Å². The SMILES string of the molecule is CC(NC(=O)N1CCCC(C(=O)O)C1)c1ccncc1. The van der Waals surface area contributed by atoms with E-state index >= 15 is 0 Å². The summed E-state index contributed by atoms with van der Waals surface area (Å²) in [5.74, 6) is -1.28. The average molecular weight is 277 g/mol. The Hall–Kier alpha value is -2.11. The molecule has 2 rings (SSSR count). The monoisotopic (exact) mass is 277 g/mol. The van der Waals surface area contributed by atoms with Gasteiger partial charge in [-0.25, -0.2) is 4.79 Å². The highest BCUT2D eigenvalue weighted by Crippen LogP contribution is 2.18. The number of hydrogen-bond donors (Lipinski definition) is 2. The number of aliphatic carboxylic acids is 1. The summed E-state index contributed by atoms with van der Waals surface area (Å²) in [5.41, 5.74) is 0.972. The number of piperidine rings is 1. The van der Waals surface area contributed by atoms with Gasteiger partial charge in [-0.1, -0.05) is 0 Å². The van der Waals surface area contributed by atoms with Crippen LogP contribution in [0.4, 0.5) is 4.79 Å². The van der Waals surface area contributed by atoms with Crippen LogP contribution in [0.3, 0.4) is 0 Å². The molecule has 1 fully saturated rings. The van der Waals surface area contributed by atoms with E-state index in [9.17, 15) is 9.59 Å². The summed E-state index contributed by atoms with van der Waals surface area (Å²) < 4.78 is 0. The molecule has 0 aromatic carbocycles. The van der Waals surface area contributed by atoms with Gasteiger partial charge in [0.25, 0.3) is 0 Å². The highest BCUT2D eigenvalue weighted by atomic mass is 16.4. The van der Waals surface area contributed by atoms with Crippen LogP contribution in [0.15, 0.2) is 24.5 Å². The van der Waals surface area contributed by atoms with Crippen LogP contribution in [0.1, 0.15) is 31.4 Å². The van der Waals surface area contributed by atoms with Crippen LogP contribution in [-0.2, 0) is 4.79 Å². The van der Waals surface area contributed by atoms with E-state index in [-0.39, 0.29) is 18.6 Å². The van der Waals surface area contributed by atoms with Gasteiger partial charge in [-0.3, -0.25) is 9.78 Å². The maximum Gasteiger partial charge on any atom is 0.317 e. The van der Waals surface area contributed by atoms with Crippen LogP contribution in [0.5, 0.6) is 0 Å². The molecule has 1 saturated heterocycles. The molecule has 2 unspecified atom stereocenters. The lowest BCUT2D eigenvalue weighted by Gasteiger charge is -2.31. The second-order valence-corrected chi connectivity index (χ2v) is 5.08. The van der Waals surface area contributed by atoms with Gasteiger partial charge in [0.05, 0.1) is 12.0 Å². The number of urea groups is 1. The molecule has 6 heteroatoms. The largest absolute Gasteiger partial charge is 0.481 e. The Morgan fingerprint density at radius 1 is 1.45 bits per heavy atom. The zero-order chi connectivity index (χ0) is 14.5. The second kappa shape index (κ2) is 6.36. The smallest absolute Gasteiger partial charge is 0.317 e. The molecular formula is C14H19N3O3. The number of amides is 2. The number of nitrogens with one attached hydrogen (secondary N) is 1. The number of carboxylic acid groups (broad SMARTS) is 1. The summed E-state index contributed by atoms with van der Waals surface area (Å²) >= 11 is 0. The Bertz CT molecular complexity index is 478. The highest BCUT2D eigenvalue weighted by Gasteiger charge is 2.28. The van der Waals surface area contributed by atoms with Crippen LogP contribution >= 0.6 is 0 Å². The average Bonchev–Trinajstić information content (AvgIpc) is 2.48. The number of carbonyl (C=O) groups is 2. The third-order valence-electron chi connectivity index (χ3n) is 3.60. The first-order valence-electron chi connectivity index (χ1n) is 6.76. The van der Waals surface area contributed by atoms with Gasteiger partial charge in [0.15, 0.2) is 0 Å². The quantitative estimate of drug-likeness (QED) is 0.880. The van der Waals surface area contributed by atoms with E-state index in [0.29, 0.717) is 13.0 Å². The van der Waals surface area contributed by atoms with E-state index in [1.54, 1.807) is 17.3 Å². The molecule has 2 heterocycles. The summed E-state index contributed by atoms with van der Waals surface area (Å²) in [5, 5.41) is 11.9. The maximum absolute atomic E-state index is 12.2. The second-order valence-electron chi connectivity index (χ2n) is 5.08. The molecule has 0 saturated carbocycles. The first-order valence-corrected chi connectivity index (χ1v) is 6.76. The summed E-state index contributed by atoms with van der Waals surface area (Å²) in [4.78, 5) is 28.7. The first kappa shape index (κ1) is 14.3. The van der Waals surface area contributed by atoms with Gasteiger partial charge in [-0.2, -0.15) is 0 Å². The highest BCUT2D eigenvalue weighted by molar-refractivity contribution is 5.76. The Balaban J connectivity index is 1.93. The molecule has 2 amide bonds. The number of carboxylic acids is 1.